The SMILES string of the molecule is NCCCC1CCCN1C(=O)c1cccc(F)c1. The molecule has 18 heavy (non-hydrogen) atoms. The predicted octanol–water partition coefficient (Wildman–Crippen LogP) is 2.17. The van der Waals surface area contributed by atoms with Gasteiger partial charge in [0.25, 0.3) is 5.91 Å². The van der Waals surface area contributed by atoms with E-state index in [9.17, 15) is 9.18 Å². The largest absolute Gasteiger partial charge is 0.336 e. The molecule has 2 N–H and O–H groups in total. The summed E-state index contributed by atoms with van der Waals surface area (Å²) in [6, 6.07) is 6.18. The molecule has 1 fully saturated rings. The molecule has 98 valence electrons. The number of hydrogen-bond donors (Lipinski definition) is 1. The van der Waals surface area contributed by atoms with E-state index < -0.39 is 0 Å². The Morgan fingerprint density at radius 2 is 2.33 bits per heavy atom. The maximum atomic E-state index is 13.1. The van der Waals surface area contributed by atoms with Crippen molar-refractivity contribution in [2.75, 3.05) is 13.1 Å². The van der Waals surface area contributed by atoms with E-state index in [4.69, 9.17) is 5.73 Å². The fourth-order valence-corrected chi connectivity index (χ4v) is 2.54. The van der Waals surface area contributed by atoms with Gasteiger partial charge in [0.2, 0.25) is 0 Å². The summed E-state index contributed by atoms with van der Waals surface area (Å²) in [5.41, 5.74) is 5.95. The predicted molar refractivity (Wildman–Crippen MR) is 68.7 cm³/mol. The summed E-state index contributed by atoms with van der Waals surface area (Å²) in [4.78, 5) is 14.2. The van der Waals surface area contributed by atoms with Gasteiger partial charge < -0.3 is 10.6 Å². The molecule has 0 saturated carbocycles. The highest BCUT2D eigenvalue weighted by atomic mass is 19.1. The Balaban J connectivity index is 2.08. The summed E-state index contributed by atoms with van der Waals surface area (Å²) in [6.45, 7) is 1.42. The Labute approximate surface area is 107 Å². The van der Waals surface area contributed by atoms with E-state index in [-0.39, 0.29) is 17.8 Å². The first-order chi connectivity index (χ1) is 8.72. The van der Waals surface area contributed by atoms with Crippen molar-refractivity contribution in [3.8, 4) is 0 Å². The highest BCUT2D eigenvalue weighted by molar-refractivity contribution is 5.94. The second-order valence-corrected chi connectivity index (χ2v) is 4.74. The summed E-state index contributed by atoms with van der Waals surface area (Å²) in [6.07, 6.45) is 3.92. The molecule has 2 rings (SSSR count). The first-order valence-electron chi connectivity index (χ1n) is 6.49. The number of amides is 1. The van der Waals surface area contributed by atoms with Gasteiger partial charge >= 0.3 is 0 Å². The van der Waals surface area contributed by atoms with Gasteiger partial charge in [0.1, 0.15) is 5.82 Å². The third-order valence-corrected chi connectivity index (χ3v) is 3.45. The second-order valence-electron chi connectivity index (χ2n) is 4.74. The molecule has 1 unspecified atom stereocenters. The first kappa shape index (κ1) is 13.0. The molecule has 1 amide bonds. The van der Waals surface area contributed by atoms with Crippen LogP contribution in [-0.2, 0) is 0 Å². The van der Waals surface area contributed by atoms with E-state index in [2.05, 4.69) is 0 Å². The standard InChI is InChI=1S/C14H19FN2O/c15-12-5-1-4-11(10-12)14(18)17-9-3-7-13(17)6-2-8-16/h1,4-5,10,13H,2-3,6-9,16H2. The molecule has 0 bridgehead atoms. The smallest absolute Gasteiger partial charge is 0.254 e. The topological polar surface area (TPSA) is 46.3 Å². The van der Waals surface area contributed by atoms with Crippen LogP contribution in [0.2, 0.25) is 0 Å². The minimum atomic E-state index is -0.362. The van der Waals surface area contributed by atoms with Gasteiger partial charge in [0, 0.05) is 18.2 Å². The van der Waals surface area contributed by atoms with Crippen molar-refractivity contribution in [3.05, 3.63) is 35.6 Å². The Hall–Kier alpha value is -1.42. The van der Waals surface area contributed by atoms with Crippen LogP contribution in [0.5, 0.6) is 0 Å². The van der Waals surface area contributed by atoms with Gasteiger partial charge in [-0.15, -0.1) is 0 Å². The molecular weight excluding hydrogens is 231 g/mol. The van der Waals surface area contributed by atoms with Crippen molar-refractivity contribution in [1.82, 2.24) is 4.90 Å². The number of likely N-dealkylation sites (tertiary alicyclic amines) is 1. The summed E-state index contributed by atoms with van der Waals surface area (Å²) in [5.74, 6) is -0.424. The normalized spacial score (nSPS) is 19.2. The summed E-state index contributed by atoms with van der Waals surface area (Å²) < 4.78 is 13.1. The zero-order chi connectivity index (χ0) is 13.0. The number of nitrogens with two attached hydrogens (primary N) is 1. The summed E-state index contributed by atoms with van der Waals surface area (Å²) in [5, 5.41) is 0. The van der Waals surface area contributed by atoms with E-state index >= 15 is 0 Å². The molecule has 1 saturated heterocycles. The Kier molecular flexibility index (Phi) is 4.31. The van der Waals surface area contributed by atoms with Gasteiger partial charge in [-0.1, -0.05) is 6.07 Å². The van der Waals surface area contributed by atoms with E-state index in [1.165, 1.54) is 12.1 Å². The van der Waals surface area contributed by atoms with Crippen LogP contribution in [0.15, 0.2) is 24.3 Å². The minimum absolute atomic E-state index is 0.0611. The van der Waals surface area contributed by atoms with E-state index in [1.807, 2.05) is 4.90 Å². The van der Waals surface area contributed by atoms with Crippen LogP contribution in [0.3, 0.4) is 0 Å². The van der Waals surface area contributed by atoms with E-state index in [0.717, 1.165) is 32.2 Å². The lowest BCUT2D eigenvalue weighted by molar-refractivity contribution is 0.0729. The third-order valence-electron chi connectivity index (χ3n) is 3.45. The molecule has 3 nitrogen and oxygen atoms in total. The maximum Gasteiger partial charge on any atom is 0.254 e. The van der Waals surface area contributed by atoms with Crippen LogP contribution in [0.25, 0.3) is 0 Å². The van der Waals surface area contributed by atoms with Crippen molar-refractivity contribution < 1.29 is 9.18 Å². The van der Waals surface area contributed by atoms with Crippen molar-refractivity contribution in [1.29, 1.82) is 0 Å². The fraction of sp³-hybridized carbons (Fsp3) is 0.500. The van der Waals surface area contributed by atoms with Crippen molar-refractivity contribution in [2.45, 2.75) is 31.7 Å². The fourth-order valence-electron chi connectivity index (χ4n) is 2.54. The number of carbonyl (C=O) groups excluding carboxylic acids is 1. The van der Waals surface area contributed by atoms with Crippen LogP contribution in [0.4, 0.5) is 4.39 Å². The lowest BCUT2D eigenvalue weighted by Gasteiger charge is -2.24. The van der Waals surface area contributed by atoms with Gasteiger partial charge in [-0.2, -0.15) is 0 Å². The maximum absolute atomic E-state index is 13.1. The molecule has 0 aromatic heterocycles. The molecule has 0 aliphatic carbocycles. The summed E-state index contributed by atoms with van der Waals surface area (Å²) >= 11 is 0. The van der Waals surface area contributed by atoms with Crippen molar-refractivity contribution in [2.24, 2.45) is 5.73 Å². The zero-order valence-electron chi connectivity index (χ0n) is 10.4. The van der Waals surface area contributed by atoms with Crippen LogP contribution >= 0.6 is 0 Å². The molecule has 1 heterocycles. The molecule has 1 aromatic carbocycles. The molecule has 1 aromatic rings. The molecule has 1 aliphatic heterocycles. The van der Waals surface area contributed by atoms with Gasteiger partial charge in [-0.05, 0) is 50.4 Å². The first-order valence-corrected chi connectivity index (χ1v) is 6.49. The molecule has 1 aliphatic rings. The van der Waals surface area contributed by atoms with Crippen LogP contribution in [0.1, 0.15) is 36.0 Å². The Bertz CT molecular complexity index is 422. The van der Waals surface area contributed by atoms with E-state index in [1.54, 1.807) is 12.1 Å². The number of carbonyl (C=O) groups is 1. The van der Waals surface area contributed by atoms with Gasteiger partial charge in [-0.3, -0.25) is 4.79 Å². The monoisotopic (exact) mass is 250 g/mol. The number of halogens is 1. The quantitative estimate of drug-likeness (QED) is 0.890. The average molecular weight is 250 g/mol. The average Bonchev–Trinajstić information content (AvgIpc) is 2.83. The van der Waals surface area contributed by atoms with Crippen LogP contribution < -0.4 is 5.73 Å². The lowest BCUT2D eigenvalue weighted by atomic mass is 10.1. The molecule has 1 atom stereocenters. The van der Waals surface area contributed by atoms with Crippen LogP contribution in [0, 0.1) is 5.82 Å². The molecule has 0 radical (unpaired) electrons. The third kappa shape index (κ3) is 2.88. The molecular formula is C14H19FN2O. The Morgan fingerprint density at radius 1 is 1.50 bits per heavy atom. The van der Waals surface area contributed by atoms with Crippen molar-refractivity contribution >= 4 is 5.91 Å². The van der Waals surface area contributed by atoms with Gasteiger partial charge in [0.15, 0.2) is 0 Å². The number of benzene rings is 1. The Morgan fingerprint density at radius 3 is 3.06 bits per heavy atom. The number of nitrogens with zero attached hydrogens (tertiary/aromatic N) is 1. The van der Waals surface area contributed by atoms with Crippen molar-refractivity contribution in [3.63, 3.8) is 0 Å². The molecule has 4 heteroatoms. The second kappa shape index (κ2) is 5.96. The highest BCUT2D eigenvalue weighted by Crippen LogP contribution is 2.23. The minimum Gasteiger partial charge on any atom is -0.336 e. The van der Waals surface area contributed by atoms with Crippen LogP contribution in [-0.4, -0.2) is 29.9 Å². The number of hydrogen-bond acceptors (Lipinski definition) is 2. The lowest BCUT2D eigenvalue weighted by Crippen LogP contribution is -2.35. The van der Waals surface area contributed by atoms with Gasteiger partial charge in [0.05, 0.1) is 0 Å². The highest BCUT2D eigenvalue weighted by Gasteiger charge is 2.28. The van der Waals surface area contributed by atoms with E-state index in [0.29, 0.717) is 12.1 Å². The number of rotatable bonds is 4. The zero-order valence-corrected chi connectivity index (χ0v) is 10.4. The molecule has 0 spiro atoms. The summed E-state index contributed by atoms with van der Waals surface area (Å²) in [7, 11) is 0. The van der Waals surface area contributed by atoms with Gasteiger partial charge in [-0.25, -0.2) is 4.39 Å².